The number of benzene rings is 1. The molecule has 1 aromatic rings. The summed E-state index contributed by atoms with van der Waals surface area (Å²) in [6, 6.07) is 5.00. The first-order valence-corrected chi connectivity index (χ1v) is 7.22. The molecule has 4 nitrogen and oxygen atoms in total. The zero-order chi connectivity index (χ0) is 13.8. The molecule has 1 saturated heterocycles. The number of hydrogen-bond donors (Lipinski definition) is 2. The summed E-state index contributed by atoms with van der Waals surface area (Å²) in [5.74, 6) is -0.292. The Hall–Kier alpha value is -1.36. The molecule has 5 heteroatoms. The fourth-order valence-electron chi connectivity index (χ4n) is 2.05. The molecule has 0 spiro atoms. The first kappa shape index (κ1) is 14.1. The molecule has 19 heavy (non-hydrogen) atoms. The molecule has 2 rings (SSSR count). The van der Waals surface area contributed by atoms with Crippen molar-refractivity contribution in [2.75, 3.05) is 6.54 Å². The molecular weight excluding hydrogens is 308 g/mol. The van der Waals surface area contributed by atoms with E-state index in [4.69, 9.17) is 0 Å². The normalized spacial score (nSPS) is 19.5. The smallest absolute Gasteiger partial charge is 0.251 e. The largest absolute Gasteiger partial charge is 0.354 e. The Bertz CT molecular complexity index is 502. The van der Waals surface area contributed by atoms with Gasteiger partial charge in [-0.05, 0) is 43.9 Å². The van der Waals surface area contributed by atoms with Gasteiger partial charge >= 0.3 is 0 Å². The van der Waals surface area contributed by atoms with Gasteiger partial charge in [-0.15, -0.1) is 0 Å². The highest BCUT2D eigenvalue weighted by molar-refractivity contribution is 9.10. The number of rotatable bonds is 2. The van der Waals surface area contributed by atoms with Gasteiger partial charge in [0, 0.05) is 16.6 Å². The van der Waals surface area contributed by atoms with Crippen molar-refractivity contribution in [2.24, 2.45) is 0 Å². The number of carbonyl (C=O) groups excluding carboxylic acids is 2. The second kappa shape index (κ2) is 6.19. The molecule has 1 heterocycles. The van der Waals surface area contributed by atoms with Crippen LogP contribution in [-0.4, -0.2) is 24.4 Å². The van der Waals surface area contributed by atoms with Gasteiger partial charge in [0.15, 0.2) is 0 Å². The summed E-state index contributed by atoms with van der Waals surface area (Å²) >= 11 is 3.40. The Kier molecular flexibility index (Phi) is 4.58. The summed E-state index contributed by atoms with van der Waals surface area (Å²) in [6.07, 6.45) is 2.61. The molecular formula is C14H17BrN2O2. The summed E-state index contributed by atoms with van der Waals surface area (Å²) < 4.78 is 0.894. The Morgan fingerprint density at radius 1 is 1.42 bits per heavy atom. The van der Waals surface area contributed by atoms with Gasteiger partial charge in [0.05, 0.1) is 0 Å². The highest BCUT2D eigenvalue weighted by atomic mass is 79.9. The summed E-state index contributed by atoms with van der Waals surface area (Å²) in [5.41, 5.74) is 1.64. The molecule has 0 saturated carbocycles. The van der Waals surface area contributed by atoms with Crippen LogP contribution in [0.2, 0.25) is 0 Å². The van der Waals surface area contributed by atoms with Crippen molar-refractivity contribution in [3.8, 4) is 0 Å². The van der Waals surface area contributed by atoms with Gasteiger partial charge in [0.2, 0.25) is 5.91 Å². The third-order valence-corrected chi connectivity index (χ3v) is 4.13. The van der Waals surface area contributed by atoms with Crippen LogP contribution in [0.5, 0.6) is 0 Å². The zero-order valence-electron chi connectivity index (χ0n) is 10.8. The van der Waals surface area contributed by atoms with E-state index in [0.717, 1.165) is 22.9 Å². The maximum atomic E-state index is 12.1. The van der Waals surface area contributed by atoms with Gasteiger partial charge in [-0.3, -0.25) is 9.59 Å². The van der Waals surface area contributed by atoms with E-state index in [1.54, 1.807) is 12.1 Å². The van der Waals surface area contributed by atoms with Crippen LogP contribution < -0.4 is 10.6 Å². The van der Waals surface area contributed by atoms with Crippen LogP contribution in [0, 0.1) is 6.92 Å². The summed E-state index contributed by atoms with van der Waals surface area (Å²) in [7, 11) is 0. The van der Waals surface area contributed by atoms with Crippen LogP contribution >= 0.6 is 15.9 Å². The molecule has 0 aromatic heterocycles. The zero-order valence-corrected chi connectivity index (χ0v) is 12.4. The first-order valence-electron chi connectivity index (χ1n) is 6.42. The third kappa shape index (κ3) is 3.56. The van der Waals surface area contributed by atoms with E-state index in [1.165, 1.54) is 0 Å². The van der Waals surface area contributed by atoms with E-state index < -0.39 is 6.04 Å². The van der Waals surface area contributed by atoms with Crippen molar-refractivity contribution in [3.63, 3.8) is 0 Å². The van der Waals surface area contributed by atoms with E-state index >= 15 is 0 Å². The van der Waals surface area contributed by atoms with Crippen LogP contribution in [0.4, 0.5) is 0 Å². The lowest BCUT2D eigenvalue weighted by Gasteiger charge is -2.15. The predicted octanol–water partition coefficient (Wildman–Crippen LogP) is 2.16. The van der Waals surface area contributed by atoms with Crippen LogP contribution in [-0.2, 0) is 4.79 Å². The van der Waals surface area contributed by atoms with E-state index in [1.807, 2.05) is 13.0 Å². The number of hydrogen-bond acceptors (Lipinski definition) is 2. The molecule has 1 fully saturated rings. The highest BCUT2D eigenvalue weighted by Crippen LogP contribution is 2.17. The maximum Gasteiger partial charge on any atom is 0.251 e. The Morgan fingerprint density at radius 3 is 2.95 bits per heavy atom. The number of nitrogens with one attached hydrogen (secondary N) is 2. The second-order valence-electron chi connectivity index (χ2n) is 4.78. The number of halogens is 1. The van der Waals surface area contributed by atoms with Crippen molar-refractivity contribution in [2.45, 2.75) is 32.2 Å². The van der Waals surface area contributed by atoms with Crippen molar-refractivity contribution in [1.29, 1.82) is 0 Å². The first-order chi connectivity index (χ1) is 9.08. The van der Waals surface area contributed by atoms with Gasteiger partial charge in [-0.25, -0.2) is 0 Å². The average Bonchev–Trinajstić information content (AvgIpc) is 2.58. The molecule has 0 aliphatic carbocycles. The molecule has 1 aliphatic heterocycles. The summed E-state index contributed by atoms with van der Waals surface area (Å²) in [6.45, 7) is 2.66. The minimum Gasteiger partial charge on any atom is -0.354 e. The van der Waals surface area contributed by atoms with Crippen LogP contribution in [0.1, 0.15) is 35.2 Å². The minimum atomic E-state index is -0.421. The lowest BCUT2D eigenvalue weighted by Crippen LogP contribution is -2.45. The van der Waals surface area contributed by atoms with Gasteiger partial charge in [0.25, 0.3) is 5.91 Å². The molecule has 1 aromatic carbocycles. The van der Waals surface area contributed by atoms with Crippen molar-refractivity contribution >= 4 is 27.7 Å². The third-order valence-electron chi connectivity index (χ3n) is 3.27. The Labute approximate surface area is 121 Å². The lowest BCUT2D eigenvalue weighted by molar-refractivity contribution is -0.122. The monoisotopic (exact) mass is 324 g/mol. The van der Waals surface area contributed by atoms with Gasteiger partial charge in [0.1, 0.15) is 6.04 Å². The lowest BCUT2D eigenvalue weighted by atomic mass is 10.1. The summed E-state index contributed by atoms with van der Waals surface area (Å²) in [5, 5.41) is 5.61. The number of amides is 2. The molecule has 0 radical (unpaired) electrons. The molecule has 1 unspecified atom stereocenters. The van der Waals surface area contributed by atoms with Crippen molar-refractivity contribution < 1.29 is 9.59 Å². The number of carbonyl (C=O) groups is 2. The molecule has 2 amide bonds. The van der Waals surface area contributed by atoms with E-state index in [2.05, 4.69) is 26.6 Å². The standard InChI is InChI=1S/C14H17BrN2O2/c1-9-5-6-10(8-11(9)15)13(18)17-12-4-2-3-7-16-14(12)19/h5-6,8,12H,2-4,7H2,1H3,(H,16,19)(H,17,18). The quantitative estimate of drug-likeness (QED) is 0.875. The molecule has 1 aliphatic rings. The van der Waals surface area contributed by atoms with Crippen LogP contribution in [0.25, 0.3) is 0 Å². The fraction of sp³-hybridized carbons (Fsp3) is 0.429. The number of aryl methyl sites for hydroxylation is 1. The predicted molar refractivity (Wildman–Crippen MR) is 77.0 cm³/mol. The maximum absolute atomic E-state index is 12.1. The second-order valence-corrected chi connectivity index (χ2v) is 5.63. The fourth-order valence-corrected chi connectivity index (χ4v) is 2.43. The Balaban J connectivity index is 2.07. The summed E-state index contributed by atoms with van der Waals surface area (Å²) in [4.78, 5) is 23.9. The molecule has 0 bridgehead atoms. The van der Waals surface area contributed by atoms with Crippen LogP contribution in [0.3, 0.4) is 0 Å². The van der Waals surface area contributed by atoms with Crippen molar-refractivity contribution in [3.05, 3.63) is 33.8 Å². The van der Waals surface area contributed by atoms with E-state index in [0.29, 0.717) is 18.5 Å². The average molecular weight is 325 g/mol. The van der Waals surface area contributed by atoms with E-state index in [9.17, 15) is 9.59 Å². The molecule has 102 valence electrons. The van der Waals surface area contributed by atoms with Gasteiger partial charge in [-0.1, -0.05) is 22.0 Å². The van der Waals surface area contributed by atoms with E-state index in [-0.39, 0.29) is 11.8 Å². The SMILES string of the molecule is Cc1ccc(C(=O)NC2CCCCNC2=O)cc1Br. The van der Waals surface area contributed by atoms with Crippen LogP contribution in [0.15, 0.2) is 22.7 Å². The van der Waals surface area contributed by atoms with Gasteiger partial charge < -0.3 is 10.6 Å². The minimum absolute atomic E-state index is 0.0861. The molecule has 2 N–H and O–H groups in total. The topological polar surface area (TPSA) is 58.2 Å². The molecule has 1 atom stereocenters. The Morgan fingerprint density at radius 2 is 2.21 bits per heavy atom. The van der Waals surface area contributed by atoms with Gasteiger partial charge in [-0.2, -0.15) is 0 Å². The highest BCUT2D eigenvalue weighted by Gasteiger charge is 2.22. The van der Waals surface area contributed by atoms with Crippen molar-refractivity contribution in [1.82, 2.24) is 10.6 Å².